The number of nitrogens with one attached hydrogen (secondary N) is 2. The molecule has 1 fully saturated rings. The van der Waals surface area contributed by atoms with E-state index in [1.165, 1.54) is 38.0 Å². The van der Waals surface area contributed by atoms with Gasteiger partial charge in [0.1, 0.15) is 0 Å². The van der Waals surface area contributed by atoms with Crippen LogP contribution in [0.4, 0.5) is 0 Å². The minimum atomic E-state index is 0. The molecular formula is C22H39IN4O2. The summed E-state index contributed by atoms with van der Waals surface area (Å²) in [5.41, 5.74) is 1.25. The standard InChI is InChI=1S/C22H38N4O2.HI/c1-18-10-15-26(16-11-18)14-6-13-25-22(23-2)24-12-5-7-19-8-9-20(27-3)21(17-19)28-4;/h8-9,17-18H,5-7,10-16H2,1-4H3,(H2,23,24,25);1H. The van der Waals surface area contributed by atoms with Gasteiger partial charge in [0, 0.05) is 20.1 Å². The van der Waals surface area contributed by atoms with Gasteiger partial charge in [-0.1, -0.05) is 13.0 Å². The van der Waals surface area contributed by atoms with Crippen molar-refractivity contribution in [3.63, 3.8) is 0 Å². The fraction of sp³-hybridized carbons (Fsp3) is 0.682. The Morgan fingerprint density at radius 2 is 1.72 bits per heavy atom. The highest BCUT2D eigenvalue weighted by Gasteiger charge is 2.14. The van der Waals surface area contributed by atoms with Crippen LogP contribution in [0.5, 0.6) is 11.5 Å². The van der Waals surface area contributed by atoms with Gasteiger partial charge < -0.3 is 25.0 Å². The quantitative estimate of drug-likeness (QED) is 0.215. The van der Waals surface area contributed by atoms with Gasteiger partial charge in [0.15, 0.2) is 17.5 Å². The van der Waals surface area contributed by atoms with Gasteiger partial charge in [-0.25, -0.2) is 0 Å². The van der Waals surface area contributed by atoms with Crippen molar-refractivity contribution >= 4 is 29.9 Å². The number of aliphatic imine (C=N–C) groups is 1. The van der Waals surface area contributed by atoms with E-state index in [1.54, 1.807) is 14.2 Å². The molecule has 6 nitrogen and oxygen atoms in total. The Bertz CT molecular complexity index is 604. The lowest BCUT2D eigenvalue weighted by atomic mass is 9.99. The van der Waals surface area contributed by atoms with Crippen LogP contribution in [0, 0.1) is 5.92 Å². The van der Waals surface area contributed by atoms with Crippen LogP contribution in [0.1, 0.15) is 38.2 Å². The molecule has 0 bridgehead atoms. The third-order valence-electron chi connectivity index (χ3n) is 5.43. The summed E-state index contributed by atoms with van der Waals surface area (Å²) in [7, 11) is 5.16. The van der Waals surface area contributed by atoms with Gasteiger partial charge in [0.25, 0.3) is 0 Å². The Kier molecular flexibility index (Phi) is 13.1. The topological polar surface area (TPSA) is 58.1 Å². The summed E-state index contributed by atoms with van der Waals surface area (Å²) in [5.74, 6) is 3.35. The second-order valence-electron chi connectivity index (χ2n) is 7.60. The number of hydrogen-bond acceptors (Lipinski definition) is 4. The molecule has 1 heterocycles. The lowest BCUT2D eigenvalue weighted by molar-refractivity contribution is 0.191. The molecule has 0 unspecified atom stereocenters. The summed E-state index contributed by atoms with van der Waals surface area (Å²) < 4.78 is 10.7. The number of hydrogen-bond donors (Lipinski definition) is 2. The third-order valence-corrected chi connectivity index (χ3v) is 5.43. The van der Waals surface area contributed by atoms with Crippen molar-refractivity contribution in [3.05, 3.63) is 23.8 Å². The summed E-state index contributed by atoms with van der Waals surface area (Å²) >= 11 is 0. The number of methoxy groups -OCH3 is 2. The number of halogens is 1. The Morgan fingerprint density at radius 3 is 2.34 bits per heavy atom. The molecule has 166 valence electrons. The van der Waals surface area contributed by atoms with E-state index in [0.717, 1.165) is 55.7 Å². The second-order valence-corrected chi connectivity index (χ2v) is 7.60. The lowest BCUT2D eigenvalue weighted by Gasteiger charge is -2.30. The molecule has 1 aromatic rings. The van der Waals surface area contributed by atoms with Crippen LogP contribution in [-0.2, 0) is 6.42 Å². The summed E-state index contributed by atoms with van der Waals surface area (Å²) in [5, 5.41) is 6.83. The van der Waals surface area contributed by atoms with Crippen LogP contribution in [-0.4, -0.2) is 64.9 Å². The van der Waals surface area contributed by atoms with E-state index < -0.39 is 0 Å². The van der Waals surface area contributed by atoms with E-state index in [1.807, 2.05) is 19.2 Å². The number of benzene rings is 1. The zero-order valence-corrected chi connectivity index (χ0v) is 20.8. The van der Waals surface area contributed by atoms with Gasteiger partial charge in [0.05, 0.1) is 14.2 Å². The molecule has 0 atom stereocenters. The lowest BCUT2D eigenvalue weighted by Crippen LogP contribution is -2.40. The van der Waals surface area contributed by atoms with Gasteiger partial charge in [-0.15, -0.1) is 24.0 Å². The van der Waals surface area contributed by atoms with Crippen LogP contribution in [0.15, 0.2) is 23.2 Å². The molecule has 0 amide bonds. The minimum Gasteiger partial charge on any atom is -0.493 e. The molecule has 0 spiro atoms. The largest absolute Gasteiger partial charge is 0.493 e. The summed E-state index contributed by atoms with van der Waals surface area (Å²) in [6.45, 7) is 7.89. The van der Waals surface area contributed by atoms with E-state index >= 15 is 0 Å². The molecule has 29 heavy (non-hydrogen) atoms. The van der Waals surface area contributed by atoms with Crippen LogP contribution < -0.4 is 20.1 Å². The normalized spacial score (nSPS) is 15.5. The number of ether oxygens (including phenoxy) is 2. The first-order chi connectivity index (χ1) is 13.7. The number of nitrogens with zero attached hydrogens (tertiary/aromatic N) is 2. The zero-order chi connectivity index (χ0) is 20.2. The van der Waals surface area contributed by atoms with E-state index in [2.05, 4.69) is 33.5 Å². The molecule has 1 saturated heterocycles. The van der Waals surface area contributed by atoms with Crippen LogP contribution in [0.2, 0.25) is 0 Å². The number of rotatable bonds is 10. The molecule has 2 rings (SSSR count). The first kappa shape index (κ1) is 25.8. The molecule has 0 saturated carbocycles. The van der Waals surface area contributed by atoms with Crippen molar-refractivity contribution in [2.45, 2.75) is 39.0 Å². The van der Waals surface area contributed by atoms with Crippen molar-refractivity contribution in [3.8, 4) is 11.5 Å². The number of piperidine rings is 1. The summed E-state index contributed by atoms with van der Waals surface area (Å²) in [6, 6.07) is 6.11. The fourth-order valence-corrected chi connectivity index (χ4v) is 3.55. The van der Waals surface area contributed by atoms with Crippen LogP contribution in [0.3, 0.4) is 0 Å². The predicted molar refractivity (Wildman–Crippen MR) is 132 cm³/mol. The van der Waals surface area contributed by atoms with Gasteiger partial charge in [0.2, 0.25) is 0 Å². The van der Waals surface area contributed by atoms with Gasteiger partial charge >= 0.3 is 0 Å². The molecule has 0 aromatic heterocycles. The maximum absolute atomic E-state index is 5.37. The van der Waals surface area contributed by atoms with Crippen LogP contribution >= 0.6 is 24.0 Å². The van der Waals surface area contributed by atoms with Crippen molar-refractivity contribution in [2.75, 3.05) is 54.0 Å². The van der Waals surface area contributed by atoms with E-state index in [0.29, 0.717) is 0 Å². The SMILES string of the molecule is CN=C(NCCCc1ccc(OC)c(OC)c1)NCCCN1CCC(C)CC1.I. The van der Waals surface area contributed by atoms with Gasteiger partial charge in [-0.2, -0.15) is 0 Å². The first-order valence-electron chi connectivity index (χ1n) is 10.5. The van der Waals surface area contributed by atoms with Crippen molar-refractivity contribution in [1.29, 1.82) is 0 Å². The van der Waals surface area contributed by atoms with Crippen molar-refractivity contribution in [2.24, 2.45) is 10.9 Å². The van der Waals surface area contributed by atoms with Crippen molar-refractivity contribution in [1.82, 2.24) is 15.5 Å². The summed E-state index contributed by atoms with van der Waals surface area (Å²) in [6.07, 6.45) is 5.86. The maximum atomic E-state index is 5.37. The monoisotopic (exact) mass is 518 g/mol. The average molecular weight is 518 g/mol. The zero-order valence-electron chi connectivity index (χ0n) is 18.5. The molecule has 1 aliphatic heterocycles. The highest BCUT2D eigenvalue weighted by molar-refractivity contribution is 14.0. The Morgan fingerprint density at radius 1 is 1.07 bits per heavy atom. The average Bonchev–Trinajstić information content (AvgIpc) is 2.73. The molecule has 1 aromatic carbocycles. The van der Waals surface area contributed by atoms with E-state index in [9.17, 15) is 0 Å². The second kappa shape index (κ2) is 14.7. The predicted octanol–water partition coefficient (Wildman–Crippen LogP) is 3.54. The van der Waals surface area contributed by atoms with E-state index in [-0.39, 0.29) is 24.0 Å². The summed E-state index contributed by atoms with van der Waals surface area (Å²) in [4.78, 5) is 6.91. The van der Waals surface area contributed by atoms with Gasteiger partial charge in [-0.05, 0) is 75.4 Å². The van der Waals surface area contributed by atoms with Gasteiger partial charge in [-0.3, -0.25) is 4.99 Å². The molecular weight excluding hydrogens is 479 g/mol. The molecule has 0 aliphatic carbocycles. The smallest absolute Gasteiger partial charge is 0.190 e. The van der Waals surface area contributed by atoms with Crippen LogP contribution in [0.25, 0.3) is 0 Å². The van der Waals surface area contributed by atoms with Crippen molar-refractivity contribution < 1.29 is 9.47 Å². The Hall–Kier alpha value is -1.22. The number of aryl methyl sites for hydroxylation is 1. The first-order valence-corrected chi connectivity index (χ1v) is 10.5. The Labute approximate surface area is 193 Å². The minimum absolute atomic E-state index is 0. The molecule has 0 radical (unpaired) electrons. The third kappa shape index (κ3) is 9.42. The maximum Gasteiger partial charge on any atom is 0.190 e. The molecule has 7 heteroatoms. The number of guanidine groups is 1. The highest BCUT2D eigenvalue weighted by Crippen LogP contribution is 2.27. The van der Waals surface area contributed by atoms with E-state index in [4.69, 9.17) is 9.47 Å². The fourth-order valence-electron chi connectivity index (χ4n) is 3.55. The molecule has 1 aliphatic rings. The molecule has 2 N–H and O–H groups in total. The highest BCUT2D eigenvalue weighted by atomic mass is 127. The Balaban J connectivity index is 0.00000420. The number of likely N-dealkylation sites (tertiary alicyclic amines) is 1.